The normalized spacial score (nSPS) is 19.3. The van der Waals surface area contributed by atoms with Crippen LogP contribution in [-0.4, -0.2) is 21.9 Å². The molecule has 4 rings (SSSR count). The first kappa shape index (κ1) is 20.1. The molecule has 1 aliphatic carbocycles. The minimum Gasteiger partial charge on any atom is -0.365 e. The summed E-state index contributed by atoms with van der Waals surface area (Å²) in [5, 5.41) is 7.78. The van der Waals surface area contributed by atoms with Crippen molar-refractivity contribution in [3.8, 4) is 0 Å². The highest BCUT2D eigenvalue weighted by Crippen LogP contribution is 2.30. The number of hydrogen-bond donors (Lipinski definition) is 2. The van der Waals surface area contributed by atoms with Gasteiger partial charge in [0.15, 0.2) is 0 Å². The Labute approximate surface area is 179 Å². The number of amides is 1. The first-order chi connectivity index (χ1) is 14.0. The Kier molecular flexibility index (Phi) is 6.01. The lowest BCUT2D eigenvalue weighted by atomic mass is 9.86. The highest BCUT2D eigenvalue weighted by molar-refractivity contribution is 7.18. The standard InChI is InChI=1S/C22H25ClN4OS/c1-13-5-3-4-6-18(13)25-20(28)16-9-7-15(8-10-16)12-24-19-17-11-14(2)29-21(17)27-22(23)26-19/h7-11,13,18H,3-6,12H2,1-2H3,(H,25,28)(H,24,26,27). The third kappa shape index (κ3) is 4.70. The molecule has 0 spiro atoms. The highest BCUT2D eigenvalue weighted by Gasteiger charge is 2.23. The van der Waals surface area contributed by atoms with Crippen LogP contribution in [0, 0.1) is 12.8 Å². The van der Waals surface area contributed by atoms with Gasteiger partial charge in [0.1, 0.15) is 10.6 Å². The monoisotopic (exact) mass is 428 g/mol. The Morgan fingerprint density at radius 3 is 2.72 bits per heavy atom. The molecule has 0 radical (unpaired) electrons. The van der Waals surface area contributed by atoms with Gasteiger partial charge in [-0.25, -0.2) is 9.97 Å². The number of halogens is 1. The Morgan fingerprint density at radius 2 is 1.97 bits per heavy atom. The fraction of sp³-hybridized carbons (Fsp3) is 0.409. The van der Waals surface area contributed by atoms with Crippen molar-refractivity contribution in [2.75, 3.05) is 5.32 Å². The highest BCUT2D eigenvalue weighted by atomic mass is 35.5. The van der Waals surface area contributed by atoms with Crippen LogP contribution < -0.4 is 10.6 Å². The van der Waals surface area contributed by atoms with E-state index in [0.717, 1.165) is 28.0 Å². The lowest BCUT2D eigenvalue weighted by Gasteiger charge is -2.29. The van der Waals surface area contributed by atoms with E-state index < -0.39 is 0 Å². The van der Waals surface area contributed by atoms with Crippen molar-refractivity contribution in [3.05, 3.63) is 51.6 Å². The first-order valence-electron chi connectivity index (χ1n) is 10.1. The van der Waals surface area contributed by atoms with Crippen LogP contribution in [0.2, 0.25) is 5.28 Å². The number of nitrogens with zero attached hydrogens (tertiary/aromatic N) is 2. The zero-order chi connectivity index (χ0) is 20.4. The second kappa shape index (κ2) is 8.67. The van der Waals surface area contributed by atoms with E-state index in [1.807, 2.05) is 31.2 Å². The number of thiophene rings is 1. The molecule has 152 valence electrons. The van der Waals surface area contributed by atoms with E-state index >= 15 is 0 Å². The minimum absolute atomic E-state index is 0.0151. The Bertz CT molecular complexity index is 1020. The van der Waals surface area contributed by atoms with Crippen LogP contribution >= 0.6 is 22.9 Å². The third-order valence-electron chi connectivity index (χ3n) is 5.59. The van der Waals surface area contributed by atoms with Crippen molar-refractivity contribution in [1.82, 2.24) is 15.3 Å². The van der Waals surface area contributed by atoms with Crippen LogP contribution in [0.4, 0.5) is 5.82 Å². The lowest BCUT2D eigenvalue weighted by Crippen LogP contribution is -2.41. The summed E-state index contributed by atoms with van der Waals surface area (Å²) >= 11 is 7.66. The molecular weight excluding hydrogens is 404 g/mol. The summed E-state index contributed by atoms with van der Waals surface area (Å²) in [5.41, 5.74) is 1.77. The number of anilines is 1. The summed E-state index contributed by atoms with van der Waals surface area (Å²) < 4.78 is 0. The van der Waals surface area contributed by atoms with Crippen LogP contribution in [0.15, 0.2) is 30.3 Å². The van der Waals surface area contributed by atoms with Crippen molar-refractivity contribution < 1.29 is 4.79 Å². The van der Waals surface area contributed by atoms with Crippen molar-refractivity contribution in [1.29, 1.82) is 0 Å². The number of carbonyl (C=O) groups excluding carboxylic acids is 1. The average Bonchev–Trinajstić information content (AvgIpc) is 3.08. The fourth-order valence-corrected chi connectivity index (χ4v) is 4.99. The van der Waals surface area contributed by atoms with Gasteiger partial charge in [-0.1, -0.05) is 31.9 Å². The second-order valence-corrected chi connectivity index (χ2v) is 9.38. The van der Waals surface area contributed by atoms with Gasteiger partial charge >= 0.3 is 0 Å². The number of aromatic nitrogens is 2. The van der Waals surface area contributed by atoms with Gasteiger partial charge in [0, 0.05) is 23.0 Å². The summed E-state index contributed by atoms with van der Waals surface area (Å²) in [4.78, 5) is 23.2. The quantitative estimate of drug-likeness (QED) is 0.521. The Morgan fingerprint density at radius 1 is 1.21 bits per heavy atom. The van der Waals surface area contributed by atoms with E-state index in [4.69, 9.17) is 11.6 Å². The Hall–Kier alpha value is -2.18. The molecule has 1 fully saturated rings. The Balaban J connectivity index is 1.40. The van der Waals surface area contributed by atoms with E-state index in [9.17, 15) is 4.79 Å². The lowest BCUT2D eigenvalue weighted by molar-refractivity contribution is 0.0910. The average molecular weight is 429 g/mol. The number of hydrogen-bond acceptors (Lipinski definition) is 5. The van der Waals surface area contributed by atoms with Crippen molar-refractivity contribution in [2.24, 2.45) is 5.92 Å². The summed E-state index contributed by atoms with van der Waals surface area (Å²) in [5.74, 6) is 1.30. The molecule has 7 heteroatoms. The molecule has 0 saturated heterocycles. The first-order valence-corrected chi connectivity index (χ1v) is 11.3. The van der Waals surface area contributed by atoms with E-state index in [0.29, 0.717) is 18.0 Å². The topological polar surface area (TPSA) is 66.9 Å². The molecule has 2 aromatic heterocycles. The van der Waals surface area contributed by atoms with Crippen LogP contribution in [0.25, 0.3) is 10.2 Å². The van der Waals surface area contributed by atoms with Gasteiger partial charge in [-0.05, 0) is 61.0 Å². The van der Waals surface area contributed by atoms with Crippen molar-refractivity contribution >= 4 is 44.9 Å². The molecule has 2 unspecified atom stereocenters. The largest absolute Gasteiger partial charge is 0.365 e. The molecule has 5 nitrogen and oxygen atoms in total. The zero-order valence-electron chi connectivity index (χ0n) is 16.7. The summed E-state index contributed by atoms with van der Waals surface area (Å²) in [6.45, 7) is 4.87. The number of nitrogens with one attached hydrogen (secondary N) is 2. The second-order valence-electron chi connectivity index (χ2n) is 7.81. The molecule has 1 aliphatic rings. The molecule has 1 aromatic carbocycles. The predicted molar refractivity (Wildman–Crippen MR) is 120 cm³/mol. The van der Waals surface area contributed by atoms with Crippen LogP contribution in [-0.2, 0) is 6.54 Å². The van der Waals surface area contributed by atoms with Crippen molar-refractivity contribution in [3.63, 3.8) is 0 Å². The van der Waals surface area contributed by atoms with E-state index in [2.05, 4.69) is 33.6 Å². The van der Waals surface area contributed by atoms with E-state index in [-0.39, 0.29) is 17.2 Å². The van der Waals surface area contributed by atoms with Gasteiger partial charge in [0.25, 0.3) is 5.91 Å². The number of benzene rings is 1. The van der Waals surface area contributed by atoms with Gasteiger partial charge in [0.2, 0.25) is 5.28 Å². The van der Waals surface area contributed by atoms with Gasteiger partial charge in [0.05, 0.1) is 5.39 Å². The molecule has 2 heterocycles. The van der Waals surface area contributed by atoms with Crippen molar-refractivity contribution in [2.45, 2.75) is 52.1 Å². The molecule has 0 bridgehead atoms. The molecule has 2 N–H and O–H groups in total. The fourth-order valence-electron chi connectivity index (χ4n) is 3.89. The van der Waals surface area contributed by atoms with Gasteiger partial charge < -0.3 is 10.6 Å². The SMILES string of the molecule is Cc1cc2c(NCc3ccc(C(=O)NC4CCCCC4C)cc3)nc(Cl)nc2s1. The van der Waals surface area contributed by atoms with Crippen LogP contribution in [0.5, 0.6) is 0 Å². The maximum absolute atomic E-state index is 12.6. The van der Waals surface area contributed by atoms with Gasteiger partial charge in [-0.2, -0.15) is 0 Å². The van der Waals surface area contributed by atoms with Crippen LogP contribution in [0.1, 0.15) is 53.4 Å². The summed E-state index contributed by atoms with van der Waals surface area (Å²) in [7, 11) is 0. The number of carbonyl (C=O) groups is 1. The maximum Gasteiger partial charge on any atom is 0.251 e. The predicted octanol–water partition coefficient (Wildman–Crippen LogP) is 5.57. The smallest absolute Gasteiger partial charge is 0.251 e. The van der Waals surface area contributed by atoms with E-state index in [1.165, 1.54) is 24.1 Å². The minimum atomic E-state index is 0.0151. The number of aryl methyl sites for hydroxylation is 1. The van der Waals surface area contributed by atoms with Crippen LogP contribution in [0.3, 0.4) is 0 Å². The van der Waals surface area contributed by atoms with Gasteiger partial charge in [-0.3, -0.25) is 4.79 Å². The molecule has 2 atom stereocenters. The van der Waals surface area contributed by atoms with E-state index in [1.54, 1.807) is 11.3 Å². The van der Waals surface area contributed by atoms with Gasteiger partial charge in [-0.15, -0.1) is 11.3 Å². The summed E-state index contributed by atoms with van der Waals surface area (Å²) in [6.07, 6.45) is 4.74. The molecule has 3 aromatic rings. The molecule has 29 heavy (non-hydrogen) atoms. The molecular formula is C22H25ClN4OS. The molecule has 1 saturated carbocycles. The third-order valence-corrected chi connectivity index (χ3v) is 6.71. The summed E-state index contributed by atoms with van der Waals surface area (Å²) in [6, 6.07) is 10.1. The number of rotatable bonds is 5. The molecule has 1 amide bonds. The zero-order valence-corrected chi connectivity index (χ0v) is 18.2. The number of fused-ring (bicyclic) bond motifs is 1. The maximum atomic E-state index is 12.6. The molecule has 0 aliphatic heterocycles.